The first-order valence-electron chi connectivity index (χ1n) is 7.23. The molecule has 0 N–H and O–H groups in total. The van der Waals surface area contributed by atoms with Crippen molar-refractivity contribution in [2.75, 3.05) is 12.9 Å². The summed E-state index contributed by atoms with van der Waals surface area (Å²) in [6.07, 6.45) is 0. The third-order valence-electron chi connectivity index (χ3n) is 3.71. The molecule has 0 fully saturated rings. The van der Waals surface area contributed by atoms with Crippen LogP contribution in [-0.4, -0.2) is 26.3 Å². The van der Waals surface area contributed by atoms with Crippen LogP contribution in [0.5, 0.6) is 5.75 Å². The Kier molecular flexibility index (Phi) is 4.12. The number of fused-ring (bicyclic) bond motifs is 1. The van der Waals surface area contributed by atoms with E-state index in [2.05, 4.69) is 4.98 Å². The number of hydrogen-bond donors (Lipinski definition) is 0. The van der Waals surface area contributed by atoms with Crippen molar-refractivity contribution in [3.05, 3.63) is 42.1 Å². The molecule has 0 saturated heterocycles. The number of benzene rings is 1. The molecule has 2 aromatic heterocycles. The zero-order valence-corrected chi connectivity index (χ0v) is 14.8. The third-order valence-corrected chi connectivity index (χ3v) is 7.15. The molecule has 0 atom stereocenters. The lowest BCUT2D eigenvalue weighted by Crippen LogP contribution is -2.00. The molecule has 0 spiro atoms. The van der Waals surface area contributed by atoms with Gasteiger partial charge in [-0.1, -0.05) is 13.0 Å². The highest BCUT2D eigenvalue weighted by molar-refractivity contribution is 7.93. The van der Waals surface area contributed by atoms with Gasteiger partial charge in [0.1, 0.15) is 15.5 Å². The Morgan fingerprint density at radius 2 is 1.91 bits per heavy atom. The molecule has 1 aromatic carbocycles. The Morgan fingerprint density at radius 1 is 1.13 bits per heavy atom. The van der Waals surface area contributed by atoms with Gasteiger partial charge in [0.05, 0.1) is 12.9 Å². The lowest BCUT2D eigenvalue weighted by atomic mass is 10.1. The topological polar surface area (TPSA) is 56.3 Å². The van der Waals surface area contributed by atoms with Crippen LogP contribution in [0.25, 0.3) is 21.3 Å². The summed E-state index contributed by atoms with van der Waals surface area (Å²) in [5, 5.41) is 0.956. The van der Waals surface area contributed by atoms with Gasteiger partial charge >= 0.3 is 0 Å². The molecule has 120 valence electrons. The summed E-state index contributed by atoms with van der Waals surface area (Å²) in [5.74, 6) is 0.822. The summed E-state index contributed by atoms with van der Waals surface area (Å²) in [6, 6.07) is 11.3. The zero-order valence-electron chi connectivity index (χ0n) is 13.2. The molecule has 0 saturated carbocycles. The van der Waals surface area contributed by atoms with Gasteiger partial charge in [0, 0.05) is 21.5 Å². The minimum atomic E-state index is -3.18. The van der Waals surface area contributed by atoms with E-state index in [0.717, 1.165) is 27.0 Å². The number of ether oxygens (including phenoxy) is 1. The van der Waals surface area contributed by atoms with Gasteiger partial charge in [-0.15, -0.1) is 11.3 Å². The van der Waals surface area contributed by atoms with Crippen molar-refractivity contribution in [1.29, 1.82) is 0 Å². The highest BCUT2D eigenvalue weighted by Gasteiger charge is 2.17. The van der Waals surface area contributed by atoms with Gasteiger partial charge < -0.3 is 4.74 Å². The summed E-state index contributed by atoms with van der Waals surface area (Å²) >= 11 is 1.29. The van der Waals surface area contributed by atoms with Gasteiger partial charge in [0.15, 0.2) is 9.84 Å². The van der Waals surface area contributed by atoms with Crippen LogP contribution in [0.1, 0.15) is 12.6 Å². The molecule has 6 heteroatoms. The second-order valence-electron chi connectivity index (χ2n) is 5.19. The molecule has 0 aliphatic heterocycles. The van der Waals surface area contributed by atoms with Crippen molar-refractivity contribution in [3.8, 4) is 16.2 Å². The predicted octanol–water partition coefficient (Wildman–Crippen LogP) is 4.07. The summed E-state index contributed by atoms with van der Waals surface area (Å²) < 4.78 is 29.9. The molecule has 2 heterocycles. The molecule has 4 nitrogen and oxygen atoms in total. The van der Waals surface area contributed by atoms with Gasteiger partial charge in [-0.3, -0.25) is 0 Å². The fourth-order valence-corrected chi connectivity index (χ4v) is 4.91. The number of thiophene rings is 1. The molecule has 0 amide bonds. The second-order valence-corrected chi connectivity index (χ2v) is 8.78. The van der Waals surface area contributed by atoms with E-state index < -0.39 is 9.84 Å². The number of aryl methyl sites for hydroxylation is 1. The smallest absolute Gasteiger partial charge is 0.187 e. The maximum absolute atomic E-state index is 12.0. The fraction of sp³-hybridized carbons (Fsp3) is 0.235. The summed E-state index contributed by atoms with van der Waals surface area (Å²) in [6.45, 7) is 3.59. The zero-order chi connectivity index (χ0) is 16.6. The van der Waals surface area contributed by atoms with E-state index in [0.29, 0.717) is 9.96 Å². The molecule has 3 rings (SSSR count). The van der Waals surface area contributed by atoms with Crippen LogP contribution >= 0.6 is 11.3 Å². The Morgan fingerprint density at radius 3 is 2.61 bits per heavy atom. The molecule has 23 heavy (non-hydrogen) atoms. The second kappa shape index (κ2) is 5.94. The van der Waals surface area contributed by atoms with Gasteiger partial charge in [0.2, 0.25) is 0 Å². The highest BCUT2D eigenvalue weighted by atomic mass is 32.2. The molecule has 0 aliphatic rings. The fourth-order valence-electron chi connectivity index (χ4n) is 2.44. The largest absolute Gasteiger partial charge is 0.494 e. The van der Waals surface area contributed by atoms with Gasteiger partial charge in [-0.2, -0.15) is 0 Å². The van der Waals surface area contributed by atoms with Crippen LogP contribution in [-0.2, 0) is 9.84 Å². The van der Waals surface area contributed by atoms with Crippen molar-refractivity contribution in [2.45, 2.75) is 18.1 Å². The van der Waals surface area contributed by atoms with E-state index >= 15 is 0 Å². The van der Waals surface area contributed by atoms with Crippen LogP contribution < -0.4 is 4.74 Å². The summed E-state index contributed by atoms with van der Waals surface area (Å²) in [5.41, 5.74) is 2.67. The Bertz CT molecular complexity index is 975. The SMILES string of the molecule is CCS(=O)(=O)c1ccc(-c2ccc(OC)c3nc(C)ccc23)s1. The molecule has 3 aromatic rings. The number of pyridine rings is 1. The van der Waals surface area contributed by atoms with Crippen LogP contribution in [0.4, 0.5) is 0 Å². The van der Waals surface area contributed by atoms with Gasteiger partial charge in [0.25, 0.3) is 0 Å². The Balaban J connectivity index is 2.22. The standard InChI is InChI=1S/C17H17NO3S2/c1-4-23(19,20)16-10-9-15(22-16)12-7-8-14(21-3)17-13(12)6-5-11(2)18-17/h5-10H,4H2,1-3H3. The maximum Gasteiger partial charge on any atom is 0.187 e. The molecule has 0 bridgehead atoms. The number of methoxy groups -OCH3 is 1. The number of sulfone groups is 1. The van der Waals surface area contributed by atoms with Crippen molar-refractivity contribution in [2.24, 2.45) is 0 Å². The lowest BCUT2D eigenvalue weighted by molar-refractivity contribution is 0.419. The van der Waals surface area contributed by atoms with Gasteiger partial charge in [-0.25, -0.2) is 13.4 Å². The Hall–Kier alpha value is -1.92. The quantitative estimate of drug-likeness (QED) is 0.714. The van der Waals surface area contributed by atoms with Crippen LogP contribution in [0.2, 0.25) is 0 Å². The molecular weight excluding hydrogens is 330 g/mol. The first-order chi connectivity index (χ1) is 11.0. The first-order valence-corrected chi connectivity index (χ1v) is 9.70. The normalized spacial score (nSPS) is 11.8. The van der Waals surface area contributed by atoms with E-state index in [4.69, 9.17) is 4.74 Å². The monoisotopic (exact) mass is 347 g/mol. The molecule has 0 unspecified atom stereocenters. The summed E-state index contributed by atoms with van der Waals surface area (Å²) in [4.78, 5) is 5.48. The van der Waals surface area contributed by atoms with Crippen LogP contribution in [0, 0.1) is 6.92 Å². The van der Waals surface area contributed by atoms with Crippen molar-refractivity contribution in [1.82, 2.24) is 4.98 Å². The molecular formula is C17H17NO3S2. The Labute approximate surface area is 139 Å². The highest BCUT2D eigenvalue weighted by Crippen LogP contribution is 2.38. The maximum atomic E-state index is 12.0. The van der Waals surface area contributed by atoms with E-state index in [-0.39, 0.29) is 5.75 Å². The van der Waals surface area contributed by atoms with E-state index in [9.17, 15) is 8.42 Å². The average molecular weight is 347 g/mol. The lowest BCUT2D eigenvalue weighted by Gasteiger charge is -2.09. The van der Waals surface area contributed by atoms with E-state index in [1.807, 2.05) is 37.3 Å². The minimum Gasteiger partial charge on any atom is -0.494 e. The number of rotatable bonds is 4. The number of hydrogen-bond acceptors (Lipinski definition) is 5. The predicted molar refractivity (Wildman–Crippen MR) is 94.1 cm³/mol. The van der Waals surface area contributed by atoms with E-state index in [1.165, 1.54) is 11.3 Å². The number of nitrogens with zero attached hydrogens (tertiary/aromatic N) is 1. The average Bonchev–Trinajstić information content (AvgIpc) is 3.04. The van der Waals surface area contributed by atoms with Crippen LogP contribution in [0.3, 0.4) is 0 Å². The molecule has 0 aliphatic carbocycles. The van der Waals surface area contributed by atoms with Crippen molar-refractivity contribution < 1.29 is 13.2 Å². The minimum absolute atomic E-state index is 0.108. The van der Waals surface area contributed by atoms with Crippen molar-refractivity contribution in [3.63, 3.8) is 0 Å². The number of aromatic nitrogens is 1. The first kappa shape index (κ1) is 16.0. The van der Waals surface area contributed by atoms with E-state index in [1.54, 1.807) is 20.1 Å². The summed E-state index contributed by atoms with van der Waals surface area (Å²) in [7, 11) is -1.56. The molecule has 0 radical (unpaired) electrons. The third kappa shape index (κ3) is 2.84. The van der Waals surface area contributed by atoms with Crippen molar-refractivity contribution >= 4 is 32.1 Å². The van der Waals surface area contributed by atoms with Gasteiger partial charge in [-0.05, 0) is 37.3 Å². The van der Waals surface area contributed by atoms with Crippen LogP contribution in [0.15, 0.2) is 40.6 Å².